The third kappa shape index (κ3) is 6.79. The molecule has 1 amide bonds. The van der Waals surface area contributed by atoms with E-state index >= 15 is 0 Å². The van der Waals surface area contributed by atoms with Gasteiger partial charge in [-0.05, 0) is 66.0 Å². The average molecular weight is 297 g/mol. The SMILES string of the molecule is CCC(C)(CC)NCC1CCN(CC(=O)NC(C)(C)C)C1. The van der Waals surface area contributed by atoms with Crippen molar-refractivity contribution in [2.24, 2.45) is 5.92 Å². The van der Waals surface area contributed by atoms with Gasteiger partial charge < -0.3 is 10.6 Å². The lowest BCUT2D eigenvalue weighted by atomic mass is 9.94. The summed E-state index contributed by atoms with van der Waals surface area (Å²) in [5.41, 5.74) is 0.124. The zero-order valence-electron chi connectivity index (χ0n) is 14.9. The Labute approximate surface area is 131 Å². The molecule has 0 aliphatic carbocycles. The van der Waals surface area contributed by atoms with E-state index in [1.54, 1.807) is 0 Å². The van der Waals surface area contributed by atoms with Crippen LogP contribution in [0.5, 0.6) is 0 Å². The van der Waals surface area contributed by atoms with E-state index in [0.717, 1.165) is 32.5 Å². The average Bonchev–Trinajstić information content (AvgIpc) is 2.81. The number of amides is 1. The summed E-state index contributed by atoms with van der Waals surface area (Å²) in [7, 11) is 0. The molecule has 1 fully saturated rings. The number of hydrogen-bond acceptors (Lipinski definition) is 3. The number of nitrogens with zero attached hydrogens (tertiary/aromatic N) is 1. The van der Waals surface area contributed by atoms with E-state index in [4.69, 9.17) is 0 Å². The van der Waals surface area contributed by atoms with Crippen molar-refractivity contribution in [2.75, 3.05) is 26.2 Å². The summed E-state index contributed by atoms with van der Waals surface area (Å²) in [5.74, 6) is 0.813. The van der Waals surface area contributed by atoms with Gasteiger partial charge in [0, 0.05) is 17.6 Å². The van der Waals surface area contributed by atoms with Gasteiger partial charge in [-0.25, -0.2) is 0 Å². The van der Waals surface area contributed by atoms with Crippen LogP contribution in [-0.4, -0.2) is 48.1 Å². The lowest BCUT2D eigenvalue weighted by Gasteiger charge is -2.30. The number of likely N-dealkylation sites (tertiary alicyclic amines) is 1. The topological polar surface area (TPSA) is 44.4 Å². The van der Waals surface area contributed by atoms with Gasteiger partial charge in [0.1, 0.15) is 0 Å². The van der Waals surface area contributed by atoms with Gasteiger partial charge in [0.25, 0.3) is 0 Å². The normalized spacial score (nSPS) is 20.8. The van der Waals surface area contributed by atoms with Gasteiger partial charge >= 0.3 is 0 Å². The Bertz CT molecular complexity index is 331. The lowest BCUT2D eigenvalue weighted by Crippen LogP contribution is -2.46. The van der Waals surface area contributed by atoms with Crippen molar-refractivity contribution in [3.8, 4) is 0 Å². The molecule has 0 saturated carbocycles. The van der Waals surface area contributed by atoms with Crippen LogP contribution in [0.3, 0.4) is 0 Å². The van der Waals surface area contributed by atoms with Gasteiger partial charge in [-0.2, -0.15) is 0 Å². The first kappa shape index (κ1) is 18.4. The molecule has 0 aromatic heterocycles. The largest absolute Gasteiger partial charge is 0.350 e. The summed E-state index contributed by atoms with van der Waals surface area (Å²) >= 11 is 0. The Hall–Kier alpha value is -0.610. The van der Waals surface area contributed by atoms with Crippen molar-refractivity contribution in [1.29, 1.82) is 0 Å². The fraction of sp³-hybridized carbons (Fsp3) is 0.941. The predicted molar refractivity (Wildman–Crippen MR) is 89.4 cm³/mol. The fourth-order valence-corrected chi connectivity index (χ4v) is 2.77. The van der Waals surface area contributed by atoms with Crippen molar-refractivity contribution in [3.63, 3.8) is 0 Å². The van der Waals surface area contributed by atoms with Crippen LogP contribution < -0.4 is 10.6 Å². The Morgan fingerprint density at radius 1 is 1.19 bits per heavy atom. The van der Waals surface area contributed by atoms with Gasteiger partial charge in [0.05, 0.1) is 6.54 Å². The molecule has 0 aromatic carbocycles. The van der Waals surface area contributed by atoms with Crippen LogP contribution in [0.4, 0.5) is 0 Å². The summed E-state index contributed by atoms with van der Waals surface area (Å²) in [6.07, 6.45) is 3.52. The minimum absolute atomic E-state index is 0.137. The lowest BCUT2D eigenvalue weighted by molar-refractivity contribution is -0.123. The van der Waals surface area contributed by atoms with E-state index in [9.17, 15) is 4.79 Å². The van der Waals surface area contributed by atoms with Crippen LogP contribution in [0.15, 0.2) is 0 Å². The molecule has 4 heteroatoms. The van der Waals surface area contributed by atoms with E-state index in [0.29, 0.717) is 12.5 Å². The van der Waals surface area contributed by atoms with Gasteiger partial charge in [0.15, 0.2) is 0 Å². The van der Waals surface area contributed by atoms with Crippen molar-refractivity contribution < 1.29 is 4.79 Å². The molecule has 2 N–H and O–H groups in total. The van der Waals surface area contributed by atoms with Crippen LogP contribution in [0.25, 0.3) is 0 Å². The number of rotatable bonds is 7. The van der Waals surface area contributed by atoms with Crippen molar-refractivity contribution in [1.82, 2.24) is 15.5 Å². The van der Waals surface area contributed by atoms with Gasteiger partial charge in [-0.3, -0.25) is 9.69 Å². The van der Waals surface area contributed by atoms with Crippen LogP contribution in [0.2, 0.25) is 0 Å². The van der Waals surface area contributed by atoms with Gasteiger partial charge in [-0.1, -0.05) is 13.8 Å². The maximum absolute atomic E-state index is 12.0. The Balaban J connectivity index is 2.31. The highest BCUT2D eigenvalue weighted by Gasteiger charge is 2.27. The highest BCUT2D eigenvalue weighted by Crippen LogP contribution is 2.19. The molecule has 4 nitrogen and oxygen atoms in total. The van der Waals surface area contributed by atoms with Crippen LogP contribution in [0.1, 0.15) is 60.8 Å². The standard InChI is InChI=1S/C17H35N3O/c1-7-17(6,8-2)18-11-14-9-10-20(12-14)13-15(21)19-16(3,4)5/h14,18H,7-13H2,1-6H3,(H,19,21). The summed E-state index contributed by atoms with van der Waals surface area (Å²) in [6.45, 7) is 16.5. The summed E-state index contributed by atoms with van der Waals surface area (Å²) < 4.78 is 0. The molecule has 0 radical (unpaired) electrons. The number of carbonyl (C=O) groups excluding carboxylic acids is 1. The highest BCUT2D eigenvalue weighted by molar-refractivity contribution is 5.78. The molecule has 1 aliphatic heterocycles. The molecule has 1 unspecified atom stereocenters. The Kier molecular flexibility index (Phi) is 6.67. The first-order valence-electron chi connectivity index (χ1n) is 8.46. The smallest absolute Gasteiger partial charge is 0.234 e. The minimum atomic E-state index is -0.137. The first-order chi connectivity index (χ1) is 9.67. The predicted octanol–water partition coefficient (Wildman–Crippen LogP) is 2.39. The first-order valence-corrected chi connectivity index (χ1v) is 8.46. The van der Waals surface area contributed by atoms with E-state index in [-0.39, 0.29) is 17.0 Å². The summed E-state index contributed by atoms with van der Waals surface area (Å²) in [5, 5.41) is 6.76. The molecule has 0 spiro atoms. The molecule has 1 aliphatic rings. The zero-order valence-corrected chi connectivity index (χ0v) is 14.9. The quantitative estimate of drug-likeness (QED) is 0.758. The molecule has 1 rings (SSSR count). The molecule has 1 atom stereocenters. The fourth-order valence-electron chi connectivity index (χ4n) is 2.77. The zero-order chi connectivity index (χ0) is 16.1. The van der Waals surface area contributed by atoms with Crippen LogP contribution in [-0.2, 0) is 4.79 Å². The highest BCUT2D eigenvalue weighted by atomic mass is 16.2. The molecule has 124 valence electrons. The van der Waals surface area contributed by atoms with Gasteiger partial charge in [0.2, 0.25) is 5.91 Å². The molecular formula is C17H35N3O. The maximum atomic E-state index is 12.0. The second-order valence-corrected chi connectivity index (χ2v) is 7.84. The molecule has 0 aromatic rings. The second-order valence-electron chi connectivity index (χ2n) is 7.84. The van der Waals surface area contributed by atoms with E-state index in [1.807, 2.05) is 20.8 Å². The third-order valence-electron chi connectivity index (χ3n) is 4.63. The second kappa shape index (κ2) is 7.59. The summed E-state index contributed by atoms with van der Waals surface area (Å²) in [4.78, 5) is 14.2. The number of carbonyl (C=O) groups is 1. The molecular weight excluding hydrogens is 262 g/mol. The molecule has 21 heavy (non-hydrogen) atoms. The van der Waals surface area contributed by atoms with Crippen molar-refractivity contribution in [2.45, 2.75) is 71.9 Å². The van der Waals surface area contributed by atoms with Crippen molar-refractivity contribution in [3.05, 3.63) is 0 Å². The van der Waals surface area contributed by atoms with Crippen molar-refractivity contribution >= 4 is 5.91 Å². The molecule has 0 bridgehead atoms. The van der Waals surface area contributed by atoms with Gasteiger partial charge in [-0.15, -0.1) is 0 Å². The number of hydrogen-bond donors (Lipinski definition) is 2. The Morgan fingerprint density at radius 3 is 2.33 bits per heavy atom. The summed E-state index contributed by atoms with van der Waals surface area (Å²) in [6, 6.07) is 0. The number of nitrogens with one attached hydrogen (secondary N) is 2. The molecule has 1 heterocycles. The maximum Gasteiger partial charge on any atom is 0.234 e. The third-order valence-corrected chi connectivity index (χ3v) is 4.63. The van der Waals surface area contributed by atoms with E-state index in [1.165, 1.54) is 6.42 Å². The Morgan fingerprint density at radius 2 is 1.81 bits per heavy atom. The van der Waals surface area contributed by atoms with E-state index < -0.39 is 0 Å². The van der Waals surface area contributed by atoms with Crippen LogP contribution >= 0.6 is 0 Å². The molecule has 1 saturated heterocycles. The van der Waals surface area contributed by atoms with E-state index in [2.05, 4.69) is 36.3 Å². The monoisotopic (exact) mass is 297 g/mol. The van der Waals surface area contributed by atoms with Crippen LogP contribution in [0, 0.1) is 5.92 Å². The minimum Gasteiger partial charge on any atom is -0.350 e.